The van der Waals surface area contributed by atoms with E-state index in [0.717, 1.165) is 24.0 Å². The minimum Gasteiger partial charge on any atom is -0.354 e. The number of hydrogen-bond donors (Lipinski definition) is 2. The van der Waals surface area contributed by atoms with Crippen molar-refractivity contribution in [1.82, 2.24) is 10.2 Å². The molecule has 3 N–H and O–H groups in total. The van der Waals surface area contributed by atoms with Crippen LogP contribution in [0.5, 0.6) is 0 Å². The maximum Gasteiger partial charge on any atom is 0.243 e. The van der Waals surface area contributed by atoms with Crippen molar-refractivity contribution in [3.63, 3.8) is 0 Å². The molecule has 3 unspecified atom stereocenters. The van der Waals surface area contributed by atoms with E-state index in [1.165, 1.54) is 0 Å². The Morgan fingerprint density at radius 2 is 1.92 bits per heavy atom. The van der Waals surface area contributed by atoms with Crippen LogP contribution in [0.2, 0.25) is 0 Å². The number of amides is 2. The number of benzene rings is 1. The Kier molecular flexibility index (Phi) is 8.39. The SMILES string of the molecule is CCC(C)C(=O)N1Cc2ccccc2CC1C(=O)NCCC(C)N.Cl. The minimum atomic E-state index is -0.436. The fraction of sp³-hybridized carbons (Fsp3) is 0.579. The Hall–Kier alpha value is -1.59. The zero-order chi connectivity index (χ0) is 17.7. The van der Waals surface area contributed by atoms with Gasteiger partial charge in [0.2, 0.25) is 11.8 Å². The summed E-state index contributed by atoms with van der Waals surface area (Å²) in [6, 6.07) is 7.66. The fourth-order valence-corrected chi connectivity index (χ4v) is 2.99. The molecule has 0 spiro atoms. The van der Waals surface area contributed by atoms with Crippen molar-refractivity contribution in [2.75, 3.05) is 6.54 Å². The minimum absolute atomic E-state index is 0. The van der Waals surface area contributed by atoms with Gasteiger partial charge in [0.1, 0.15) is 6.04 Å². The van der Waals surface area contributed by atoms with Crippen LogP contribution < -0.4 is 11.1 Å². The Morgan fingerprint density at radius 3 is 2.52 bits per heavy atom. The third kappa shape index (κ3) is 5.44. The summed E-state index contributed by atoms with van der Waals surface area (Å²) in [6.45, 7) is 6.89. The molecule has 3 atom stereocenters. The first-order valence-electron chi connectivity index (χ1n) is 8.84. The van der Waals surface area contributed by atoms with Gasteiger partial charge in [0.05, 0.1) is 0 Å². The van der Waals surface area contributed by atoms with Gasteiger partial charge >= 0.3 is 0 Å². The van der Waals surface area contributed by atoms with Crippen molar-refractivity contribution < 1.29 is 9.59 Å². The van der Waals surface area contributed by atoms with E-state index in [0.29, 0.717) is 19.5 Å². The molecule has 140 valence electrons. The van der Waals surface area contributed by atoms with E-state index < -0.39 is 6.04 Å². The van der Waals surface area contributed by atoms with Gasteiger partial charge in [0.15, 0.2) is 0 Å². The molecule has 1 aliphatic rings. The van der Waals surface area contributed by atoms with Crippen LogP contribution in [0.15, 0.2) is 24.3 Å². The molecule has 5 nitrogen and oxygen atoms in total. The van der Waals surface area contributed by atoms with Crippen molar-refractivity contribution in [2.45, 2.75) is 58.7 Å². The summed E-state index contributed by atoms with van der Waals surface area (Å²) in [5, 5.41) is 2.94. The standard InChI is InChI=1S/C19H29N3O2.ClH/c1-4-13(2)19(24)22-12-16-8-6-5-7-15(16)11-17(22)18(23)21-10-9-14(3)20;/h5-8,13-14,17H,4,9-12,20H2,1-3H3,(H,21,23);1H. The third-order valence-corrected chi connectivity index (χ3v) is 4.77. The Bertz CT molecular complexity index is 592. The number of nitrogens with two attached hydrogens (primary N) is 1. The second-order valence-corrected chi connectivity index (χ2v) is 6.82. The number of carbonyl (C=O) groups is 2. The molecule has 0 saturated carbocycles. The first-order valence-corrected chi connectivity index (χ1v) is 8.84. The summed E-state index contributed by atoms with van der Waals surface area (Å²) in [6.07, 6.45) is 2.08. The Morgan fingerprint density at radius 1 is 1.28 bits per heavy atom. The molecule has 0 bridgehead atoms. The molecule has 0 radical (unpaired) electrons. The van der Waals surface area contributed by atoms with Gasteiger partial charge in [0.25, 0.3) is 0 Å². The van der Waals surface area contributed by atoms with Crippen molar-refractivity contribution in [1.29, 1.82) is 0 Å². The van der Waals surface area contributed by atoms with Crippen LogP contribution in [0.3, 0.4) is 0 Å². The lowest BCUT2D eigenvalue weighted by molar-refractivity contribution is -0.144. The fourth-order valence-electron chi connectivity index (χ4n) is 2.99. The van der Waals surface area contributed by atoms with Gasteiger partial charge in [-0.1, -0.05) is 38.1 Å². The number of hydrogen-bond acceptors (Lipinski definition) is 3. The lowest BCUT2D eigenvalue weighted by Gasteiger charge is -2.37. The molecule has 1 heterocycles. The van der Waals surface area contributed by atoms with E-state index >= 15 is 0 Å². The summed E-state index contributed by atoms with van der Waals surface area (Å²) in [7, 11) is 0. The largest absolute Gasteiger partial charge is 0.354 e. The highest BCUT2D eigenvalue weighted by molar-refractivity contribution is 5.89. The Balaban J connectivity index is 0.00000312. The number of nitrogens with one attached hydrogen (secondary N) is 1. The summed E-state index contributed by atoms with van der Waals surface area (Å²) in [4.78, 5) is 27.2. The summed E-state index contributed by atoms with van der Waals surface area (Å²) >= 11 is 0. The lowest BCUT2D eigenvalue weighted by Crippen LogP contribution is -2.54. The number of nitrogens with zero attached hydrogens (tertiary/aromatic N) is 1. The zero-order valence-electron chi connectivity index (χ0n) is 15.3. The van der Waals surface area contributed by atoms with E-state index in [1.54, 1.807) is 4.90 Å². The molecule has 0 fully saturated rings. The van der Waals surface area contributed by atoms with Gasteiger partial charge in [-0.05, 0) is 30.9 Å². The molecule has 25 heavy (non-hydrogen) atoms. The average Bonchev–Trinajstić information content (AvgIpc) is 2.58. The van der Waals surface area contributed by atoms with Gasteiger partial charge in [-0.25, -0.2) is 0 Å². The number of fused-ring (bicyclic) bond motifs is 1. The number of rotatable bonds is 6. The lowest BCUT2D eigenvalue weighted by atomic mass is 9.92. The zero-order valence-corrected chi connectivity index (χ0v) is 16.1. The normalized spacial score (nSPS) is 18.6. The summed E-state index contributed by atoms with van der Waals surface area (Å²) in [5.74, 6) is -0.101. The maximum atomic E-state index is 12.8. The highest BCUT2D eigenvalue weighted by Crippen LogP contribution is 2.25. The van der Waals surface area contributed by atoms with Crippen LogP contribution in [0.4, 0.5) is 0 Å². The van der Waals surface area contributed by atoms with Crippen LogP contribution in [0.1, 0.15) is 44.7 Å². The first-order chi connectivity index (χ1) is 11.4. The molecule has 1 aromatic rings. The smallest absolute Gasteiger partial charge is 0.243 e. The maximum absolute atomic E-state index is 12.8. The first kappa shape index (κ1) is 21.5. The van der Waals surface area contributed by atoms with Crippen LogP contribution in [-0.4, -0.2) is 35.3 Å². The molecule has 2 amide bonds. The molecule has 0 aliphatic carbocycles. The van der Waals surface area contributed by atoms with Crippen molar-refractivity contribution in [3.8, 4) is 0 Å². The monoisotopic (exact) mass is 367 g/mol. The van der Waals surface area contributed by atoms with Crippen LogP contribution >= 0.6 is 12.4 Å². The molecule has 1 aliphatic heterocycles. The van der Waals surface area contributed by atoms with Crippen LogP contribution in [0.25, 0.3) is 0 Å². The molecule has 2 rings (SSSR count). The van der Waals surface area contributed by atoms with Gasteiger partial charge in [-0.3, -0.25) is 9.59 Å². The predicted molar refractivity (Wildman–Crippen MR) is 102 cm³/mol. The molecule has 0 aromatic heterocycles. The number of carbonyl (C=O) groups excluding carboxylic acids is 2. The van der Waals surface area contributed by atoms with E-state index in [2.05, 4.69) is 5.32 Å². The van der Waals surface area contributed by atoms with Crippen molar-refractivity contribution in [2.24, 2.45) is 11.7 Å². The predicted octanol–water partition coefficient (Wildman–Crippen LogP) is 2.26. The second kappa shape index (κ2) is 9.78. The average molecular weight is 368 g/mol. The molecular weight excluding hydrogens is 338 g/mol. The topological polar surface area (TPSA) is 75.4 Å². The van der Waals surface area contributed by atoms with E-state index in [4.69, 9.17) is 5.73 Å². The highest BCUT2D eigenvalue weighted by atomic mass is 35.5. The van der Waals surface area contributed by atoms with Gasteiger partial charge in [-0.15, -0.1) is 12.4 Å². The van der Waals surface area contributed by atoms with Gasteiger partial charge < -0.3 is 16.0 Å². The molecule has 6 heteroatoms. The van der Waals surface area contributed by atoms with Crippen LogP contribution in [-0.2, 0) is 22.6 Å². The van der Waals surface area contributed by atoms with Crippen molar-refractivity contribution in [3.05, 3.63) is 35.4 Å². The Labute approximate surface area is 156 Å². The van der Waals surface area contributed by atoms with Crippen molar-refractivity contribution >= 4 is 24.2 Å². The van der Waals surface area contributed by atoms with E-state index in [-0.39, 0.29) is 36.2 Å². The number of halogens is 1. The molecule has 0 saturated heterocycles. The van der Waals surface area contributed by atoms with Gasteiger partial charge in [-0.2, -0.15) is 0 Å². The summed E-state index contributed by atoms with van der Waals surface area (Å²) in [5.41, 5.74) is 8.02. The highest BCUT2D eigenvalue weighted by Gasteiger charge is 2.35. The van der Waals surface area contributed by atoms with Gasteiger partial charge in [0, 0.05) is 31.5 Å². The third-order valence-electron chi connectivity index (χ3n) is 4.77. The quantitative estimate of drug-likeness (QED) is 0.809. The summed E-state index contributed by atoms with van der Waals surface area (Å²) < 4.78 is 0. The van der Waals surface area contributed by atoms with E-state index in [9.17, 15) is 9.59 Å². The second-order valence-electron chi connectivity index (χ2n) is 6.82. The molecule has 1 aromatic carbocycles. The van der Waals surface area contributed by atoms with E-state index in [1.807, 2.05) is 45.0 Å². The molecular formula is C19H30ClN3O2. The van der Waals surface area contributed by atoms with Crippen LogP contribution in [0, 0.1) is 5.92 Å².